The van der Waals surface area contributed by atoms with Gasteiger partial charge in [0, 0.05) is 11.9 Å². The van der Waals surface area contributed by atoms with Gasteiger partial charge in [0.25, 0.3) is 5.91 Å². The maximum absolute atomic E-state index is 12.8. The van der Waals surface area contributed by atoms with E-state index >= 15 is 0 Å². The molecule has 0 saturated carbocycles. The minimum atomic E-state index is -0.773. The predicted octanol–water partition coefficient (Wildman–Crippen LogP) is 2.63. The van der Waals surface area contributed by atoms with Crippen molar-refractivity contribution < 1.29 is 9.59 Å². The third kappa shape index (κ3) is 4.26. The highest BCUT2D eigenvalue weighted by Gasteiger charge is 2.32. The molecule has 25 heavy (non-hydrogen) atoms. The van der Waals surface area contributed by atoms with E-state index in [1.54, 1.807) is 0 Å². The molecule has 2 rings (SSSR count). The summed E-state index contributed by atoms with van der Waals surface area (Å²) in [6.07, 6.45) is 3.63. The molecule has 0 aliphatic carbocycles. The maximum atomic E-state index is 12.8. The Morgan fingerprint density at radius 2 is 2.04 bits per heavy atom. The van der Waals surface area contributed by atoms with Gasteiger partial charge in [-0.15, -0.1) is 6.58 Å². The van der Waals surface area contributed by atoms with Crippen molar-refractivity contribution in [1.82, 2.24) is 15.1 Å². The topological polar surface area (TPSA) is 90.0 Å². The lowest BCUT2D eigenvalue weighted by atomic mass is 9.86. The van der Waals surface area contributed by atoms with Crippen LogP contribution in [0.3, 0.4) is 0 Å². The van der Waals surface area contributed by atoms with Crippen LogP contribution in [-0.2, 0) is 11.3 Å². The Labute approximate surface area is 148 Å². The molecule has 0 bridgehead atoms. The number of nitrogens with zero attached hydrogens (tertiary/aromatic N) is 2. The van der Waals surface area contributed by atoms with E-state index in [4.69, 9.17) is 5.73 Å². The van der Waals surface area contributed by atoms with Crippen molar-refractivity contribution in [3.05, 3.63) is 42.6 Å². The second-order valence-corrected chi connectivity index (χ2v) is 7.19. The van der Waals surface area contributed by atoms with Gasteiger partial charge < -0.3 is 11.1 Å². The summed E-state index contributed by atoms with van der Waals surface area (Å²) in [6, 6.07) is 6.80. The number of aromatic nitrogens is 2. The summed E-state index contributed by atoms with van der Waals surface area (Å²) in [5, 5.41) is 7.97. The smallest absolute Gasteiger partial charge is 0.273 e. The second kappa shape index (κ2) is 7.51. The Kier molecular flexibility index (Phi) is 5.62. The summed E-state index contributed by atoms with van der Waals surface area (Å²) >= 11 is 0. The van der Waals surface area contributed by atoms with E-state index in [1.165, 1.54) is 0 Å². The average Bonchev–Trinajstić information content (AvgIpc) is 2.90. The highest BCUT2D eigenvalue weighted by molar-refractivity contribution is 6.06. The van der Waals surface area contributed by atoms with Crippen molar-refractivity contribution in [3.63, 3.8) is 0 Å². The highest BCUT2D eigenvalue weighted by Crippen LogP contribution is 2.22. The molecule has 3 N–H and O–H groups in total. The van der Waals surface area contributed by atoms with Crippen LogP contribution in [0.4, 0.5) is 0 Å². The van der Waals surface area contributed by atoms with Gasteiger partial charge in [-0.2, -0.15) is 5.10 Å². The van der Waals surface area contributed by atoms with Gasteiger partial charge in [-0.25, -0.2) is 0 Å². The minimum absolute atomic E-state index is 0.310. The first-order valence-corrected chi connectivity index (χ1v) is 8.42. The highest BCUT2D eigenvalue weighted by atomic mass is 16.2. The third-order valence-corrected chi connectivity index (χ3v) is 4.08. The number of allylic oxidation sites excluding steroid dienone is 1. The van der Waals surface area contributed by atoms with Gasteiger partial charge in [0.05, 0.1) is 5.52 Å². The number of nitrogens with one attached hydrogen (secondary N) is 1. The van der Waals surface area contributed by atoms with Crippen LogP contribution in [0.1, 0.15) is 44.1 Å². The zero-order valence-corrected chi connectivity index (χ0v) is 15.1. The van der Waals surface area contributed by atoms with E-state index in [2.05, 4.69) is 17.0 Å². The fraction of sp³-hybridized carbons (Fsp3) is 0.421. The van der Waals surface area contributed by atoms with Gasteiger partial charge >= 0.3 is 0 Å². The van der Waals surface area contributed by atoms with Crippen LogP contribution < -0.4 is 11.1 Å². The summed E-state index contributed by atoms with van der Waals surface area (Å²) in [5.41, 5.74) is 6.18. The van der Waals surface area contributed by atoms with Crippen molar-refractivity contribution in [2.24, 2.45) is 11.1 Å². The molecule has 0 radical (unpaired) electrons. The lowest BCUT2D eigenvalue weighted by Crippen LogP contribution is -2.52. The molecule has 0 saturated heterocycles. The molecule has 6 heteroatoms. The van der Waals surface area contributed by atoms with Crippen molar-refractivity contribution in [2.75, 3.05) is 0 Å². The van der Waals surface area contributed by atoms with Crippen molar-refractivity contribution in [2.45, 2.75) is 46.2 Å². The SMILES string of the molecule is C=CCCCn1nc(C(=O)NC(C(N)=O)C(C)(C)C)c2ccccc21. The number of rotatable bonds is 7. The second-order valence-electron chi connectivity index (χ2n) is 7.19. The number of amides is 2. The van der Waals surface area contributed by atoms with E-state index in [0.717, 1.165) is 23.7 Å². The first-order chi connectivity index (χ1) is 11.8. The molecular formula is C19H26N4O2. The summed E-state index contributed by atoms with van der Waals surface area (Å²) in [5.74, 6) is -0.951. The fourth-order valence-electron chi connectivity index (χ4n) is 2.76. The van der Waals surface area contributed by atoms with E-state index in [1.807, 2.05) is 55.8 Å². The van der Waals surface area contributed by atoms with E-state index < -0.39 is 23.3 Å². The van der Waals surface area contributed by atoms with E-state index in [0.29, 0.717) is 12.2 Å². The molecular weight excluding hydrogens is 316 g/mol. The van der Waals surface area contributed by atoms with E-state index in [-0.39, 0.29) is 0 Å². The number of carbonyl (C=O) groups excluding carboxylic acids is 2. The number of para-hydroxylation sites is 1. The molecule has 1 aromatic heterocycles. The van der Waals surface area contributed by atoms with Crippen LogP contribution in [-0.4, -0.2) is 27.6 Å². The van der Waals surface area contributed by atoms with Crippen LogP contribution in [0.25, 0.3) is 10.9 Å². The van der Waals surface area contributed by atoms with Crippen LogP contribution in [0.2, 0.25) is 0 Å². The number of hydrogen-bond acceptors (Lipinski definition) is 3. The summed E-state index contributed by atoms with van der Waals surface area (Å²) in [6.45, 7) is 9.98. The molecule has 1 unspecified atom stereocenters. The van der Waals surface area contributed by atoms with E-state index in [9.17, 15) is 9.59 Å². The number of primary amides is 1. The van der Waals surface area contributed by atoms with Gasteiger partial charge in [0.2, 0.25) is 5.91 Å². The normalized spacial score (nSPS) is 12.8. The largest absolute Gasteiger partial charge is 0.368 e. The Balaban J connectivity index is 2.34. The number of hydrogen-bond donors (Lipinski definition) is 2. The van der Waals surface area contributed by atoms with Crippen LogP contribution in [0.5, 0.6) is 0 Å². The molecule has 1 atom stereocenters. The van der Waals surface area contributed by atoms with Gasteiger partial charge in [-0.05, 0) is 24.3 Å². The van der Waals surface area contributed by atoms with Crippen LogP contribution >= 0.6 is 0 Å². The summed E-state index contributed by atoms with van der Waals surface area (Å²) < 4.78 is 1.82. The molecule has 1 heterocycles. The lowest BCUT2D eigenvalue weighted by molar-refractivity contribution is -0.122. The van der Waals surface area contributed by atoms with Gasteiger partial charge in [-0.1, -0.05) is 45.0 Å². The van der Waals surface area contributed by atoms with Gasteiger partial charge in [-0.3, -0.25) is 14.3 Å². The van der Waals surface area contributed by atoms with Gasteiger partial charge in [0.1, 0.15) is 6.04 Å². The van der Waals surface area contributed by atoms with Crippen molar-refractivity contribution >= 4 is 22.7 Å². The molecule has 2 aromatic rings. The van der Waals surface area contributed by atoms with Crippen molar-refractivity contribution in [3.8, 4) is 0 Å². The number of benzene rings is 1. The molecule has 6 nitrogen and oxygen atoms in total. The third-order valence-electron chi connectivity index (χ3n) is 4.08. The molecule has 2 amide bonds. The first kappa shape index (κ1) is 18.7. The van der Waals surface area contributed by atoms with Crippen molar-refractivity contribution in [1.29, 1.82) is 0 Å². The molecule has 134 valence electrons. The predicted molar refractivity (Wildman–Crippen MR) is 99.1 cm³/mol. The summed E-state index contributed by atoms with van der Waals surface area (Å²) in [4.78, 5) is 24.5. The monoisotopic (exact) mass is 342 g/mol. The summed E-state index contributed by atoms with van der Waals surface area (Å²) in [7, 11) is 0. The number of nitrogens with two attached hydrogens (primary N) is 1. The fourth-order valence-corrected chi connectivity index (χ4v) is 2.76. The molecule has 0 aliphatic rings. The number of unbranched alkanes of at least 4 members (excludes halogenated alkanes) is 1. The first-order valence-electron chi connectivity index (χ1n) is 8.42. The standard InChI is InChI=1S/C19H26N4O2/c1-5-6-9-12-23-14-11-8-7-10-13(14)15(22-23)18(25)21-16(17(20)24)19(2,3)4/h5,7-8,10-11,16H,1,6,9,12H2,2-4H3,(H2,20,24)(H,21,25). The molecule has 0 aliphatic heterocycles. The number of carbonyl (C=O) groups is 2. The average molecular weight is 342 g/mol. The lowest BCUT2D eigenvalue weighted by Gasteiger charge is -2.28. The zero-order valence-electron chi connectivity index (χ0n) is 15.1. The maximum Gasteiger partial charge on any atom is 0.273 e. The number of aryl methyl sites for hydroxylation is 1. The zero-order chi connectivity index (χ0) is 18.6. The molecule has 0 fully saturated rings. The Morgan fingerprint density at radius 3 is 2.64 bits per heavy atom. The Hall–Kier alpha value is -2.63. The minimum Gasteiger partial charge on any atom is -0.368 e. The van der Waals surface area contributed by atoms with Gasteiger partial charge in [0.15, 0.2) is 5.69 Å². The molecule has 0 spiro atoms. The Bertz CT molecular complexity index is 786. The quantitative estimate of drug-likeness (QED) is 0.599. The Morgan fingerprint density at radius 1 is 1.36 bits per heavy atom. The molecule has 1 aromatic carbocycles. The number of fused-ring (bicyclic) bond motifs is 1. The van der Waals surface area contributed by atoms with Crippen LogP contribution in [0.15, 0.2) is 36.9 Å². The van der Waals surface area contributed by atoms with Crippen LogP contribution in [0, 0.1) is 5.41 Å².